The monoisotopic (exact) mass is 229 g/mol. The van der Waals surface area contributed by atoms with E-state index >= 15 is 0 Å². The highest BCUT2D eigenvalue weighted by Crippen LogP contribution is 2.25. The Labute approximate surface area is 98.1 Å². The largest absolute Gasteiger partial charge is 0.374 e. The van der Waals surface area contributed by atoms with Crippen LogP contribution in [0.4, 0.5) is 4.39 Å². The summed E-state index contributed by atoms with van der Waals surface area (Å²) in [4.78, 5) is 2.49. The molecule has 0 aromatic carbocycles. The average Bonchev–Trinajstić information content (AvgIpc) is 2.25. The molecule has 0 aromatic rings. The minimum absolute atomic E-state index is 0.250. The number of hydrogen-bond donors (Lipinski definition) is 0. The van der Waals surface area contributed by atoms with Gasteiger partial charge in [0.05, 0.1) is 12.7 Å². The zero-order valence-corrected chi connectivity index (χ0v) is 10.5. The van der Waals surface area contributed by atoms with Crippen LogP contribution in [0, 0.1) is 11.8 Å². The molecular weight excluding hydrogens is 205 g/mol. The van der Waals surface area contributed by atoms with Crippen LogP contribution in [-0.4, -0.2) is 43.4 Å². The molecule has 3 heteroatoms. The van der Waals surface area contributed by atoms with E-state index in [1.807, 2.05) is 0 Å². The Balaban J connectivity index is 1.76. The van der Waals surface area contributed by atoms with Crippen LogP contribution in [0.2, 0.25) is 0 Å². The maximum atomic E-state index is 13.1. The maximum Gasteiger partial charge on any atom is 0.124 e. The smallest absolute Gasteiger partial charge is 0.124 e. The van der Waals surface area contributed by atoms with Crippen LogP contribution in [0.3, 0.4) is 0 Å². The fourth-order valence-corrected chi connectivity index (χ4v) is 2.75. The van der Waals surface area contributed by atoms with Crippen molar-refractivity contribution in [2.75, 3.05) is 26.2 Å². The number of ether oxygens (including phenoxy) is 1. The highest BCUT2D eigenvalue weighted by molar-refractivity contribution is 4.80. The number of piperidine rings is 1. The molecule has 0 saturated carbocycles. The van der Waals surface area contributed by atoms with Gasteiger partial charge in [-0.3, -0.25) is 0 Å². The third-order valence-electron chi connectivity index (χ3n) is 4.07. The summed E-state index contributed by atoms with van der Waals surface area (Å²) < 4.78 is 18.7. The van der Waals surface area contributed by atoms with Gasteiger partial charge in [-0.15, -0.1) is 0 Å². The number of nitrogens with zero attached hydrogens (tertiary/aromatic N) is 1. The SMILES string of the molecule is CC1CCN(CC2OCC(F)C[C@@H]2C)CC1. The molecule has 2 saturated heterocycles. The van der Waals surface area contributed by atoms with Gasteiger partial charge in [-0.05, 0) is 44.2 Å². The molecule has 16 heavy (non-hydrogen) atoms. The number of hydrogen-bond acceptors (Lipinski definition) is 2. The van der Waals surface area contributed by atoms with Gasteiger partial charge in [0.15, 0.2) is 0 Å². The minimum Gasteiger partial charge on any atom is -0.374 e. The van der Waals surface area contributed by atoms with Crippen LogP contribution in [-0.2, 0) is 4.74 Å². The molecule has 2 rings (SSSR count). The molecule has 94 valence electrons. The second kappa shape index (κ2) is 5.46. The fraction of sp³-hybridized carbons (Fsp3) is 1.00. The fourth-order valence-electron chi connectivity index (χ4n) is 2.75. The molecule has 0 spiro atoms. The Bertz CT molecular complexity index is 216. The van der Waals surface area contributed by atoms with E-state index in [-0.39, 0.29) is 6.10 Å². The summed E-state index contributed by atoms with van der Waals surface area (Å²) in [7, 11) is 0. The molecule has 2 nitrogen and oxygen atoms in total. The number of rotatable bonds is 2. The lowest BCUT2D eigenvalue weighted by Gasteiger charge is -2.37. The Kier molecular flexibility index (Phi) is 4.20. The molecule has 2 heterocycles. The molecule has 3 atom stereocenters. The predicted octanol–water partition coefficient (Wildman–Crippen LogP) is 2.48. The summed E-state index contributed by atoms with van der Waals surface area (Å²) in [5, 5.41) is 0. The molecule has 0 amide bonds. The molecule has 2 aliphatic rings. The van der Waals surface area contributed by atoms with E-state index in [0.29, 0.717) is 18.9 Å². The first-order chi connectivity index (χ1) is 7.65. The summed E-state index contributed by atoms with van der Waals surface area (Å²) in [6, 6.07) is 0. The highest BCUT2D eigenvalue weighted by Gasteiger charge is 2.30. The second-order valence-corrected chi connectivity index (χ2v) is 5.67. The molecule has 0 radical (unpaired) electrons. The summed E-state index contributed by atoms with van der Waals surface area (Å²) in [6.07, 6.45) is 2.78. The van der Waals surface area contributed by atoms with Crippen molar-refractivity contribution in [1.29, 1.82) is 0 Å². The van der Waals surface area contributed by atoms with Gasteiger partial charge in [-0.25, -0.2) is 4.39 Å². The molecular formula is C13H24FNO. The van der Waals surface area contributed by atoms with Crippen LogP contribution in [0.5, 0.6) is 0 Å². The van der Waals surface area contributed by atoms with Crippen LogP contribution < -0.4 is 0 Å². The maximum absolute atomic E-state index is 13.1. The Morgan fingerprint density at radius 2 is 1.94 bits per heavy atom. The Hall–Kier alpha value is -0.150. The Morgan fingerprint density at radius 1 is 1.25 bits per heavy atom. The zero-order valence-electron chi connectivity index (χ0n) is 10.5. The van der Waals surface area contributed by atoms with Gasteiger partial charge in [-0.2, -0.15) is 0 Å². The lowest BCUT2D eigenvalue weighted by Crippen LogP contribution is -2.45. The summed E-state index contributed by atoms with van der Waals surface area (Å²) in [6.45, 7) is 8.12. The lowest BCUT2D eigenvalue weighted by atomic mass is 9.93. The number of halogens is 1. The third kappa shape index (κ3) is 3.17. The van der Waals surface area contributed by atoms with E-state index in [0.717, 1.165) is 12.5 Å². The molecule has 0 bridgehead atoms. The lowest BCUT2D eigenvalue weighted by molar-refractivity contribution is -0.0746. The summed E-state index contributed by atoms with van der Waals surface area (Å²) in [5.41, 5.74) is 0. The summed E-state index contributed by atoms with van der Waals surface area (Å²) >= 11 is 0. The van der Waals surface area contributed by atoms with Crippen molar-refractivity contribution in [2.45, 2.75) is 45.4 Å². The molecule has 2 fully saturated rings. The standard InChI is InChI=1S/C13H24FNO/c1-10-3-5-15(6-4-10)8-13-11(2)7-12(14)9-16-13/h10-13H,3-9H2,1-2H3/t11-,12?,13?/m0/s1. The Morgan fingerprint density at radius 3 is 2.56 bits per heavy atom. The number of alkyl halides is 1. The van der Waals surface area contributed by atoms with Gasteiger partial charge in [0.2, 0.25) is 0 Å². The first-order valence-corrected chi connectivity index (χ1v) is 6.63. The van der Waals surface area contributed by atoms with E-state index in [4.69, 9.17) is 4.74 Å². The minimum atomic E-state index is -0.743. The average molecular weight is 229 g/mol. The molecule has 0 aliphatic carbocycles. The predicted molar refractivity (Wildman–Crippen MR) is 63.3 cm³/mol. The normalized spacial score (nSPS) is 38.8. The topological polar surface area (TPSA) is 12.5 Å². The van der Waals surface area contributed by atoms with E-state index in [1.54, 1.807) is 0 Å². The molecule has 2 unspecified atom stereocenters. The first-order valence-electron chi connectivity index (χ1n) is 6.63. The highest BCUT2D eigenvalue weighted by atomic mass is 19.1. The van der Waals surface area contributed by atoms with Gasteiger partial charge in [-0.1, -0.05) is 13.8 Å². The van der Waals surface area contributed by atoms with E-state index in [1.165, 1.54) is 25.9 Å². The molecule has 2 aliphatic heterocycles. The van der Waals surface area contributed by atoms with Gasteiger partial charge in [0.25, 0.3) is 0 Å². The van der Waals surface area contributed by atoms with Gasteiger partial charge >= 0.3 is 0 Å². The van der Waals surface area contributed by atoms with Crippen molar-refractivity contribution < 1.29 is 9.13 Å². The number of likely N-dealkylation sites (tertiary alicyclic amines) is 1. The van der Waals surface area contributed by atoms with Gasteiger partial charge in [0, 0.05) is 6.54 Å². The van der Waals surface area contributed by atoms with Crippen molar-refractivity contribution >= 4 is 0 Å². The van der Waals surface area contributed by atoms with Crippen LogP contribution in [0.1, 0.15) is 33.1 Å². The summed E-state index contributed by atoms with van der Waals surface area (Å²) in [5.74, 6) is 1.24. The quantitative estimate of drug-likeness (QED) is 0.721. The zero-order chi connectivity index (χ0) is 11.5. The third-order valence-corrected chi connectivity index (χ3v) is 4.07. The van der Waals surface area contributed by atoms with Crippen LogP contribution in [0.15, 0.2) is 0 Å². The van der Waals surface area contributed by atoms with Crippen molar-refractivity contribution in [3.8, 4) is 0 Å². The van der Waals surface area contributed by atoms with Gasteiger partial charge < -0.3 is 9.64 Å². The van der Waals surface area contributed by atoms with E-state index in [9.17, 15) is 4.39 Å². The molecule has 0 N–H and O–H groups in total. The first kappa shape index (κ1) is 12.3. The van der Waals surface area contributed by atoms with Crippen LogP contribution in [0.25, 0.3) is 0 Å². The van der Waals surface area contributed by atoms with Crippen molar-refractivity contribution in [3.05, 3.63) is 0 Å². The van der Waals surface area contributed by atoms with Crippen molar-refractivity contribution in [1.82, 2.24) is 4.90 Å². The second-order valence-electron chi connectivity index (χ2n) is 5.67. The van der Waals surface area contributed by atoms with E-state index < -0.39 is 6.17 Å². The van der Waals surface area contributed by atoms with E-state index in [2.05, 4.69) is 18.7 Å². The van der Waals surface area contributed by atoms with Crippen molar-refractivity contribution in [3.63, 3.8) is 0 Å². The van der Waals surface area contributed by atoms with Crippen LogP contribution >= 0.6 is 0 Å². The van der Waals surface area contributed by atoms with Gasteiger partial charge in [0.1, 0.15) is 6.17 Å². The molecule has 0 aromatic heterocycles. The van der Waals surface area contributed by atoms with Crippen molar-refractivity contribution in [2.24, 2.45) is 11.8 Å².